The van der Waals surface area contributed by atoms with Gasteiger partial charge < -0.3 is 14.2 Å². The van der Waals surface area contributed by atoms with Crippen molar-refractivity contribution in [2.75, 3.05) is 14.2 Å². The second kappa shape index (κ2) is 6.88. The average Bonchev–Trinajstić information content (AvgIpc) is 2.42. The first-order chi connectivity index (χ1) is 9.76. The number of hydrogen-bond donors (Lipinski definition) is 2. The van der Waals surface area contributed by atoms with Crippen LogP contribution in [0.5, 0.6) is 11.5 Å². The van der Waals surface area contributed by atoms with Gasteiger partial charge in [0.15, 0.2) is 0 Å². The number of rotatable bonds is 5. The maximum absolute atomic E-state index is 11.6. The van der Waals surface area contributed by atoms with Crippen molar-refractivity contribution in [3.8, 4) is 11.5 Å². The molecule has 116 valence electrons. The van der Waals surface area contributed by atoms with E-state index < -0.39 is 11.7 Å². The van der Waals surface area contributed by atoms with E-state index in [1.807, 2.05) is 0 Å². The highest BCUT2D eigenvalue weighted by atomic mass is 16.6. The minimum absolute atomic E-state index is 0.473. The van der Waals surface area contributed by atoms with E-state index in [2.05, 4.69) is 17.4 Å². The summed E-state index contributed by atoms with van der Waals surface area (Å²) in [5.41, 5.74) is 5.72. The van der Waals surface area contributed by atoms with E-state index in [0.29, 0.717) is 22.8 Å². The van der Waals surface area contributed by atoms with Gasteiger partial charge in [0, 0.05) is 11.6 Å². The molecular weight excluding hydrogens is 272 g/mol. The van der Waals surface area contributed by atoms with E-state index in [1.165, 1.54) is 0 Å². The molecule has 1 amide bonds. The van der Waals surface area contributed by atoms with Gasteiger partial charge in [-0.05, 0) is 32.9 Å². The second-order valence-electron chi connectivity index (χ2n) is 5.30. The largest absolute Gasteiger partial charge is 0.497 e. The highest BCUT2D eigenvalue weighted by Gasteiger charge is 2.16. The van der Waals surface area contributed by atoms with Crippen molar-refractivity contribution in [1.82, 2.24) is 10.9 Å². The Hall–Kier alpha value is -2.37. The summed E-state index contributed by atoms with van der Waals surface area (Å²) in [6.07, 6.45) is -0.587. The molecule has 0 bridgehead atoms. The van der Waals surface area contributed by atoms with Crippen molar-refractivity contribution in [3.05, 3.63) is 30.3 Å². The number of carbonyl (C=O) groups is 1. The fourth-order valence-electron chi connectivity index (χ4n) is 1.55. The van der Waals surface area contributed by atoms with Gasteiger partial charge >= 0.3 is 6.09 Å². The molecule has 1 aromatic carbocycles. The van der Waals surface area contributed by atoms with Crippen LogP contribution in [0.2, 0.25) is 0 Å². The number of hydrazine groups is 1. The van der Waals surface area contributed by atoms with Crippen LogP contribution in [0.25, 0.3) is 5.70 Å². The average molecular weight is 294 g/mol. The van der Waals surface area contributed by atoms with E-state index in [-0.39, 0.29) is 0 Å². The lowest BCUT2D eigenvalue weighted by Crippen LogP contribution is -2.40. The number of carbonyl (C=O) groups excluding carboxylic acids is 1. The van der Waals surface area contributed by atoms with Crippen molar-refractivity contribution < 1.29 is 19.0 Å². The van der Waals surface area contributed by atoms with Crippen molar-refractivity contribution >= 4 is 11.8 Å². The van der Waals surface area contributed by atoms with Gasteiger partial charge in [0.25, 0.3) is 0 Å². The first-order valence-corrected chi connectivity index (χ1v) is 6.43. The summed E-state index contributed by atoms with van der Waals surface area (Å²) < 4.78 is 15.5. The summed E-state index contributed by atoms with van der Waals surface area (Å²) >= 11 is 0. The van der Waals surface area contributed by atoms with Crippen LogP contribution in [0.4, 0.5) is 4.79 Å². The zero-order chi connectivity index (χ0) is 16.0. The maximum atomic E-state index is 11.6. The highest BCUT2D eigenvalue weighted by molar-refractivity contribution is 5.72. The molecule has 0 saturated carbocycles. The van der Waals surface area contributed by atoms with E-state index >= 15 is 0 Å². The molecule has 0 saturated heterocycles. The van der Waals surface area contributed by atoms with Gasteiger partial charge in [0.05, 0.1) is 19.9 Å². The molecule has 6 nitrogen and oxygen atoms in total. The van der Waals surface area contributed by atoms with Gasteiger partial charge in [0.1, 0.15) is 17.1 Å². The topological polar surface area (TPSA) is 68.8 Å². The summed E-state index contributed by atoms with van der Waals surface area (Å²) in [4.78, 5) is 11.6. The standard InChI is InChI=1S/C15H22N2O4/c1-10(16-17-14(18)21-15(2,3)4)12-8-7-11(19-5)9-13(12)20-6/h7-9,16H,1H2,2-6H3,(H,17,18). The van der Waals surface area contributed by atoms with Crippen LogP contribution < -0.4 is 20.3 Å². The van der Waals surface area contributed by atoms with Gasteiger partial charge in [-0.3, -0.25) is 5.43 Å². The van der Waals surface area contributed by atoms with E-state index in [4.69, 9.17) is 14.2 Å². The lowest BCUT2D eigenvalue weighted by atomic mass is 10.1. The molecule has 6 heteroatoms. The highest BCUT2D eigenvalue weighted by Crippen LogP contribution is 2.27. The summed E-state index contributed by atoms with van der Waals surface area (Å²) in [7, 11) is 3.12. The Kier molecular flexibility index (Phi) is 5.46. The molecule has 0 unspecified atom stereocenters. The zero-order valence-electron chi connectivity index (χ0n) is 13.1. The fraction of sp³-hybridized carbons (Fsp3) is 0.400. The molecule has 0 radical (unpaired) electrons. The SMILES string of the molecule is C=C(NNC(=O)OC(C)(C)C)c1ccc(OC)cc1OC. The van der Waals surface area contributed by atoms with Gasteiger partial charge in [-0.15, -0.1) is 0 Å². The summed E-state index contributed by atoms with van der Waals surface area (Å²) in [6, 6.07) is 5.29. The number of hydrogen-bond acceptors (Lipinski definition) is 5. The van der Waals surface area contributed by atoms with Crippen molar-refractivity contribution in [3.63, 3.8) is 0 Å². The van der Waals surface area contributed by atoms with Crippen LogP contribution in [0, 0.1) is 0 Å². The molecule has 0 aliphatic rings. The lowest BCUT2D eigenvalue weighted by molar-refractivity contribution is 0.0511. The Labute approximate surface area is 125 Å². The Morgan fingerprint density at radius 3 is 2.33 bits per heavy atom. The van der Waals surface area contributed by atoms with Crippen molar-refractivity contribution in [2.45, 2.75) is 26.4 Å². The summed E-state index contributed by atoms with van der Waals surface area (Å²) in [5, 5.41) is 0. The van der Waals surface area contributed by atoms with Crippen LogP contribution in [0.3, 0.4) is 0 Å². The molecule has 1 aromatic rings. The predicted octanol–water partition coefficient (Wildman–Crippen LogP) is 2.70. The molecule has 2 N–H and O–H groups in total. The third kappa shape index (κ3) is 5.25. The van der Waals surface area contributed by atoms with Gasteiger partial charge in [-0.1, -0.05) is 6.58 Å². The normalized spacial score (nSPS) is 10.5. The first kappa shape index (κ1) is 16.7. The molecule has 0 fully saturated rings. The second-order valence-corrected chi connectivity index (χ2v) is 5.30. The van der Waals surface area contributed by atoms with Gasteiger partial charge in [-0.2, -0.15) is 0 Å². The molecule has 0 aromatic heterocycles. The van der Waals surface area contributed by atoms with Crippen LogP contribution in [0.1, 0.15) is 26.3 Å². The van der Waals surface area contributed by atoms with E-state index in [9.17, 15) is 4.79 Å². The smallest absolute Gasteiger partial charge is 0.426 e. The minimum atomic E-state index is -0.587. The molecule has 0 aliphatic heterocycles. The van der Waals surface area contributed by atoms with Gasteiger partial charge in [0.2, 0.25) is 0 Å². The Balaban J connectivity index is 2.70. The Morgan fingerprint density at radius 2 is 1.81 bits per heavy atom. The fourth-order valence-corrected chi connectivity index (χ4v) is 1.55. The summed E-state index contributed by atoms with van der Waals surface area (Å²) in [6.45, 7) is 9.21. The molecule has 0 aliphatic carbocycles. The van der Waals surface area contributed by atoms with E-state index in [1.54, 1.807) is 53.2 Å². The quantitative estimate of drug-likeness (QED) is 0.817. The van der Waals surface area contributed by atoms with Crippen LogP contribution >= 0.6 is 0 Å². The van der Waals surface area contributed by atoms with Crippen LogP contribution in [-0.2, 0) is 4.74 Å². The molecule has 1 rings (SSSR count). The maximum Gasteiger partial charge on any atom is 0.426 e. The third-order valence-electron chi connectivity index (χ3n) is 2.45. The van der Waals surface area contributed by atoms with Gasteiger partial charge in [-0.25, -0.2) is 10.2 Å². The first-order valence-electron chi connectivity index (χ1n) is 6.43. The molecule has 0 heterocycles. The predicted molar refractivity (Wildman–Crippen MR) is 81.1 cm³/mol. The van der Waals surface area contributed by atoms with E-state index in [0.717, 1.165) is 0 Å². The zero-order valence-corrected chi connectivity index (χ0v) is 13.1. The molecule has 0 spiro atoms. The molecule has 21 heavy (non-hydrogen) atoms. The number of nitrogens with one attached hydrogen (secondary N) is 2. The van der Waals surface area contributed by atoms with Crippen LogP contribution in [0.15, 0.2) is 24.8 Å². The Bertz CT molecular complexity index is 521. The monoisotopic (exact) mass is 294 g/mol. The molecular formula is C15H22N2O4. The number of methoxy groups -OCH3 is 2. The minimum Gasteiger partial charge on any atom is -0.497 e. The summed E-state index contributed by atoms with van der Waals surface area (Å²) in [5.74, 6) is 1.25. The Morgan fingerprint density at radius 1 is 1.14 bits per heavy atom. The van der Waals surface area contributed by atoms with Crippen molar-refractivity contribution in [2.24, 2.45) is 0 Å². The number of benzene rings is 1. The van der Waals surface area contributed by atoms with Crippen molar-refractivity contribution in [1.29, 1.82) is 0 Å². The number of ether oxygens (including phenoxy) is 3. The number of amides is 1. The van der Waals surface area contributed by atoms with Crippen LogP contribution in [-0.4, -0.2) is 25.9 Å². The molecule has 0 atom stereocenters. The third-order valence-corrected chi connectivity index (χ3v) is 2.45. The lowest BCUT2D eigenvalue weighted by Gasteiger charge is -2.21.